The van der Waals surface area contributed by atoms with Crippen LogP contribution in [0.25, 0.3) is 16.7 Å². The van der Waals surface area contributed by atoms with Crippen molar-refractivity contribution in [2.45, 2.75) is 40.0 Å². The summed E-state index contributed by atoms with van der Waals surface area (Å²) in [6.07, 6.45) is 1.89. The van der Waals surface area contributed by atoms with Gasteiger partial charge in [0.15, 0.2) is 0 Å². The summed E-state index contributed by atoms with van der Waals surface area (Å²) < 4.78 is 7.29. The second kappa shape index (κ2) is 8.05. The zero-order valence-electron chi connectivity index (χ0n) is 16.0. The van der Waals surface area contributed by atoms with Crippen molar-refractivity contribution in [1.82, 2.24) is 9.55 Å². The van der Waals surface area contributed by atoms with Crippen LogP contribution in [0.4, 0.5) is 0 Å². The molecule has 0 atom stereocenters. The molecule has 0 aliphatic rings. The third-order valence-electron chi connectivity index (χ3n) is 4.64. The number of aromatic nitrogens is 2. The van der Waals surface area contributed by atoms with Gasteiger partial charge in [0.05, 0.1) is 29.3 Å². The van der Waals surface area contributed by atoms with Gasteiger partial charge in [-0.2, -0.15) is 5.26 Å². The number of hydrogen-bond acceptors (Lipinski definition) is 4. The lowest BCUT2D eigenvalue weighted by Crippen LogP contribution is -2.06. The molecular formula is C22H23N3O2. The highest BCUT2D eigenvalue weighted by molar-refractivity contribution is 5.81. The number of fused-ring (bicyclic) bond motifs is 1. The average Bonchev–Trinajstić information content (AvgIpc) is 3.05. The minimum absolute atomic E-state index is 0.170. The maximum Gasteiger partial charge on any atom is 0.305 e. The van der Waals surface area contributed by atoms with Crippen LogP contribution in [0.1, 0.15) is 42.8 Å². The van der Waals surface area contributed by atoms with Crippen molar-refractivity contribution in [3.63, 3.8) is 0 Å². The van der Waals surface area contributed by atoms with Crippen molar-refractivity contribution < 1.29 is 9.53 Å². The first-order valence-electron chi connectivity index (χ1n) is 9.24. The predicted octanol–water partition coefficient (Wildman–Crippen LogP) is 4.26. The average molecular weight is 361 g/mol. The van der Waals surface area contributed by atoms with Gasteiger partial charge in [-0.15, -0.1) is 0 Å². The number of carbonyl (C=O) groups is 1. The SMILES string of the molecule is CCC(=O)OCCc1ccc(-n2c(CC)nc3cc(C#N)c(C)cc32)cc1. The van der Waals surface area contributed by atoms with Crippen molar-refractivity contribution in [3.05, 3.63) is 58.9 Å². The molecule has 1 aromatic heterocycles. The van der Waals surface area contributed by atoms with Gasteiger partial charge >= 0.3 is 5.97 Å². The van der Waals surface area contributed by atoms with E-state index in [1.807, 2.05) is 19.1 Å². The smallest absolute Gasteiger partial charge is 0.305 e. The number of ether oxygens (including phenoxy) is 1. The Morgan fingerprint density at radius 1 is 1.22 bits per heavy atom. The Morgan fingerprint density at radius 3 is 2.59 bits per heavy atom. The molecule has 138 valence electrons. The summed E-state index contributed by atoms with van der Waals surface area (Å²) in [5.74, 6) is 0.792. The van der Waals surface area contributed by atoms with Crippen LogP contribution in [0.3, 0.4) is 0 Å². The molecular weight excluding hydrogens is 338 g/mol. The Labute approximate surface area is 159 Å². The zero-order chi connectivity index (χ0) is 19.4. The highest BCUT2D eigenvalue weighted by atomic mass is 16.5. The molecule has 2 aromatic carbocycles. The molecule has 5 nitrogen and oxygen atoms in total. The van der Waals surface area contributed by atoms with E-state index in [-0.39, 0.29) is 5.97 Å². The van der Waals surface area contributed by atoms with Crippen LogP contribution in [0, 0.1) is 18.3 Å². The molecule has 1 heterocycles. The Hall–Kier alpha value is -3.13. The molecule has 0 unspecified atom stereocenters. The maximum absolute atomic E-state index is 11.2. The predicted molar refractivity (Wildman–Crippen MR) is 105 cm³/mol. The molecule has 0 bridgehead atoms. The van der Waals surface area contributed by atoms with Crippen LogP contribution in [-0.4, -0.2) is 22.1 Å². The Morgan fingerprint density at radius 2 is 1.96 bits per heavy atom. The Kier molecular flexibility index (Phi) is 5.56. The lowest BCUT2D eigenvalue weighted by molar-refractivity contribution is -0.143. The lowest BCUT2D eigenvalue weighted by Gasteiger charge is -2.10. The Balaban J connectivity index is 1.91. The van der Waals surface area contributed by atoms with Crippen LogP contribution < -0.4 is 0 Å². The van der Waals surface area contributed by atoms with Crippen molar-refractivity contribution in [2.24, 2.45) is 0 Å². The molecule has 0 fully saturated rings. The monoisotopic (exact) mass is 361 g/mol. The second-order valence-corrected chi connectivity index (χ2v) is 6.48. The fourth-order valence-electron chi connectivity index (χ4n) is 3.12. The van der Waals surface area contributed by atoms with E-state index in [1.165, 1.54) is 0 Å². The van der Waals surface area contributed by atoms with Crippen LogP contribution in [0.2, 0.25) is 0 Å². The van der Waals surface area contributed by atoms with Crippen molar-refractivity contribution in [3.8, 4) is 11.8 Å². The summed E-state index contributed by atoms with van der Waals surface area (Å²) in [5.41, 5.74) is 5.60. The first-order valence-corrected chi connectivity index (χ1v) is 9.24. The third-order valence-corrected chi connectivity index (χ3v) is 4.64. The molecule has 0 radical (unpaired) electrons. The largest absolute Gasteiger partial charge is 0.465 e. The van der Waals surface area contributed by atoms with E-state index in [9.17, 15) is 10.1 Å². The minimum Gasteiger partial charge on any atom is -0.465 e. The molecule has 0 N–H and O–H groups in total. The van der Waals surface area contributed by atoms with Crippen LogP contribution in [0.5, 0.6) is 0 Å². The quantitative estimate of drug-likeness (QED) is 0.615. The van der Waals surface area contributed by atoms with Gasteiger partial charge in [0.1, 0.15) is 5.82 Å². The van der Waals surface area contributed by atoms with Crippen molar-refractivity contribution >= 4 is 17.0 Å². The van der Waals surface area contributed by atoms with Crippen LogP contribution in [-0.2, 0) is 22.4 Å². The summed E-state index contributed by atoms with van der Waals surface area (Å²) in [6.45, 7) is 6.21. The van der Waals surface area contributed by atoms with Gasteiger partial charge in [0.2, 0.25) is 0 Å². The molecule has 0 saturated carbocycles. The number of aryl methyl sites for hydroxylation is 2. The van der Waals surface area contributed by atoms with Gasteiger partial charge in [-0.3, -0.25) is 9.36 Å². The van der Waals surface area contributed by atoms with Gasteiger partial charge in [0.25, 0.3) is 0 Å². The second-order valence-electron chi connectivity index (χ2n) is 6.48. The third kappa shape index (κ3) is 3.85. The number of imidazole rings is 1. The number of nitrogens with zero attached hydrogens (tertiary/aromatic N) is 3. The molecule has 0 aliphatic heterocycles. The van der Waals surface area contributed by atoms with E-state index in [4.69, 9.17) is 9.72 Å². The molecule has 5 heteroatoms. The molecule has 27 heavy (non-hydrogen) atoms. The number of nitriles is 1. The zero-order valence-corrected chi connectivity index (χ0v) is 16.0. The normalized spacial score (nSPS) is 10.7. The fourth-order valence-corrected chi connectivity index (χ4v) is 3.12. The highest BCUT2D eigenvalue weighted by Crippen LogP contribution is 2.25. The van der Waals surface area contributed by atoms with Gasteiger partial charge in [-0.25, -0.2) is 4.98 Å². The van der Waals surface area contributed by atoms with Crippen molar-refractivity contribution in [2.75, 3.05) is 6.61 Å². The summed E-state index contributed by atoms with van der Waals surface area (Å²) in [5, 5.41) is 9.26. The fraction of sp³-hybridized carbons (Fsp3) is 0.318. The molecule has 0 aliphatic carbocycles. The van der Waals surface area contributed by atoms with E-state index in [1.54, 1.807) is 6.92 Å². The van der Waals surface area contributed by atoms with Crippen molar-refractivity contribution in [1.29, 1.82) is 5.26 Å². The topological polar surface area (TPSA) is 67.9 Å². The number of rotatable bonds is 6. The molecule has 0 saturated heterocycles. The van der Waals surface area contributed by atoms with E-state index in [2.05, 4.69) is 41.8 Å². The van der Waals surface area contributed by atoms with Gasteiger partial charge in [-0.1, -0.05) is 26.0 Å². The summed E-state index contributed by atoms with van der Waals surface area (Å²) >= 11 is 0. The minimum atomic E-state index is -0.170. The number of carbonyl (C=O) groups excluding carboxylic acids is 1. The van der Waals surface area contributed by atoms with Gasteiger partial charge in [-0.05, 0) is 42.3 Å². The number of hydrogen-bond donors (Lipinski definition) is 0. The highest BCUT2D eigenvalue weighted by Gasteiger charge is 2.13. The van der Waals surface area contributed by atoms with E-state index >= 15 is 0 Å². The lowest BCUT2D eigenvalue weighted by atomic mass is 10.1. The van der Waals surface area contributed by atoms with E-state index < -0.39 is 0 Å². The molecule has 0 spiro atoms. The first kappa shape index (κ1) is 18.7. The molecule has 3 rings (SSSR count). The van der Waals surface area contributed by atoms with Gasteiger partial charge < -0.3 is 4.74 Å². The van der Waals surface area contributed by atoms with E-state index in [0.29, 0.717) is 25.0 Å². The molecule has 3 aromatic rings. The molecule has 0 amide bonds. The first-order chi connectivity index (χ1) is 13.1. The number of esters is 1. The maximum atomic E-state index is 11.2. The Bertz CT molecular complexity index is 1010. The number of benzene rings is 2. The summed E-state index contributed by atoms with van der Waals surface area (Å²) in [6, 6.07) is 14.3. The van der Waals surface area contributed by atoms with Crippen LogP contribution >= 0.6 is 0 Å². The summed E-state index contributed by atoms with van der Waals surface area (Å²) in [4.78, 5) is 15.9. The van der Waals surface area contributed by atoms with E-state index in [0.717, 1.165) is 40.1 Å². The van der Waals surface area contributed by atoms with Gasteiger partial charge in [0, 0.05) is 24.9 Å². The summed E-state index contributed by atoms with van der Waals surface area (Å²) in [7, 11) is 0. The van der Waals surface area contributed by atoms with Crippen LogP contribution in [0.15, 0.2) is 36.4 Å². The standard InChI is InChI=1S/C22H23N3O2/c1-4-21-24-19-13-17(14-23)15(3)12-20(19)25(21)18-8-6-16(7-9-18)10-11-27-22(26)5-2/h6-9,12-13H,4-5,10-11H2,1-3H3.